The lowest BCUT2D eigenvalue weighted by molar-refractivity contribution is 0.261. The highest BCUT2D eigenvalue weighted by Crippen LogP contribution is 2.22. The molecule has 1 fully saturated rings. The van der Waals surface area contributed by atoms with Crippen LogP contribution in [-0.2, 0) is 6.42 Å². The third-order valence-corrected chi connectivity index (χ3v) is 4.94. The van der Waals surface area contributed by atoms with Crippen LogP contribution in [0.4, 0.5) is 5.13 Å². The molecule has 0 N–H and O–H groups in total. The molecular weight excluding hydrogens is 292 g/mol. The Labute approximate surface area is 137 Å². The number of rotatable bonds is 5. The van der Waals surface area contributed by atoms with Crippen LogP contribution in [0, 0.1) is 0 Å². The number of benzene rings is 1. The van der Waals surface area contributed by atoms with Gasteiger partial charge in [-0.15, -0.1) is 0 Å². The van der Waals surface area contributed by atoms with Crippen LogP contribution >= 0.6 is 11.5 Å². The summed E-state index contributed by atoms with van der Waals surface area (Å²) < 4.78 is 4.46. The highest BCUT2D eigenvalue weighted by atomic mass is 32.1. The van der Waals surface area contributed by atoms with Crippen LogP contribution in [0.1, 0.15) is 31.2 Å². The first-order valence-corrected chi connectivity index (χ1v) is 8.84. The highest BCUT2D eigenvalue weighted by molar-refractivity contribution is 7.09. The van der Waals surface area contributed by atoms with Crippen LogP contribution in [0.25, 0.3) is 0 Å². The maximum atomic E-state index is 4.67. The summed E-state index contributed by atoms with van der Waals surface area (Å²) in [7, 11) is 0. The van der Waals surface area contributed by atoms with Gasteiger partial charge in [-0.2, -0.15) is 4.37 Å². The van der Waals surface area contributed by atoms with E-state index in [4.69, 9.17) is 0 Å². The molecule has 0 unspecified atom stereocenters. The van der Waals surface area contributed by atoms with E-state index in [0.29, 0.717) is 5.92 Å². The van der Waals surface area contributed by atoms with Crippen molar-refractivity contribution in [2.24, 2.45) is 0 Å². The van der Waals surface area contributed by atoms with E-state index in [2.05, 4.69) is 63.3 Å². The molecule has 2 heterocycles. The predicted molar refractivity (Wildman–Crippen MR) is 92.8 cm³/mol. The summed E-state index contributed by atoms with van der Waals surface area (Å²) in [6, 6.07) is 10.7. The largest absolute Gasteiger partial charge is 0.344 e. The third kappa shape index (κ3) is 3.84. The molecule has 0 saturated carbocycles. The Morgan fingerprint density at radius 2 is 1.82 bits per heavy atom. The Kier molecular flexibility index (Phi) is 5.05. The quantitative estimate of drug-likeness (QED) is 0.849. The van der Waals surface area contributed by atoms with Gasteiger partial charge in [-0.3, -0.25) is 4.90 Å². The molecule has 1 aromatic heterocycles. The van der Waals surface area contributed by atoms with Crippen LogP contribution in [0.3, 0.4) is 0 Å². The second kappa shape index (κ2) is 7.20. The molecule has 1 saturated heterocycles. The Bertz CT molecular complexity index is 573. The normalized spacial score (nSPS) is 16.4. The number of hydrogen-bond acceptors (Lipinski definition) is 5. The maximum absolute atomic E-state index is 4.67. The Hall–Kier alpha value is -1.46. The number of nitrogens with zero attached hydrogens (tertiary/aromatic N) is 4. The van der Waals surface area contributed by atoms with Crippen molar-refractivity contribution in [2.45, 2.75) is 26.2 Å². The number of piperazine rings is 1. The van der Waals surface area contributed by atoms with Gasteiger partial charge in [-0.05, 0) is 12.0 Å². The Morgan fingerprint density at radius 3 is 2.45 bits per heavy atom. The first-order valence-electron chi connectivity index (χ1n) is 8.07. The van der Waals surface area contributed by atoms with Crippen molar-refractivity contribution in [3.05, 3.63) is 41.7 Å². The molecule has 118 valence electrons. The van der Waals surface area contributed by atoms with Gasteiger partial charge >= 0.3 is 0 Å². The number of anilines is 1. The van der Waals surface area contributed by atoms with E-state index in [1.165, 1.54) is 5.56 Å². The number of hydrogen-bond donors (Lipinski definition) is 0. The average Bonchev–Trinajstić information content (AvgIpc) is 3.05. The second-order valence-corrected chi connectivity index (χ2v) is 6.88. The van der Waals surface area contributed by atoms with E-state index in [1.54, 1.807) is 11.5 Å². The highest BCUT2D eigenvalue weighted by Gasteiger charge is 2.20. The van der Waals surface area contributed by atoms with Gasteiger partial charge in [0.1, 0.15) is 5.82 Å². The molecule has 0 aliphatic carbocycles. The molecular formula is C17H24N4S. The SMILES string of the molecule is CC(C)c1nsc(N2CCN(CCc3ccccc3)CC2)n1. The number of aromatic nitrogens is 2. The zero-order chi connectivity index (χ0) is 15.4. The molecule has 0 amide bonds. The average molecular weight is 316 g/mol. The van der Waals surface area contributed by atoms with Crippen molar-refractivity contribution in [3.8, 4) is 0 Å². The lowest BCUT2D eigenvalue weighted by atomic mass is 10.1. The summed E-state index contributed by atoms with van der Waals surface area (Å²) in [5.41, 5.74) is 1.43. The van der Waals surface area contributed by atoms with Crippen LogP contribution in [-0.4, -0.2) is 47.0 Å². The summed E-state index contributed by atoms with van der Waals surface area (Å²) in [6.45, 7) is 9.78. The fraction of sp³-hybridized carbons (Fsp3) is 0.529. The van der Waals surface area contributed by atoms with Crippen molar-refractivity contribution >= 4 is 16.7 Å². The van der Waals surface area contributed by atoms with E-state index < -0.39 is 0 Å². The molecule has 0 spiro atoms. The molecule has 5 heteroatoms. The fourth-order valence-corrected chi connectivity index (χ4v) is 3.54. The molecule has 1 aromatic carbocycles. The van der Waals surface area contributed by atoms with Gasteiger partial charge in [0.2, 0.25) is 5.13 Å². The summed E-state index contributed by atoms with van der Waals surface area (Å²) >= 11 is 1.54. The van der Waals surface area contributed by atoms with Crippen LogP contribution < -0.4 is 4.90 Å². The first-order chi connectivity index (χ1) is 10.7. The van der Waals surface area contributed by atoms with Gasteiger partial charge in [0.15, 0.2) is 0 Å². The lowest BCUT2D eigenvalue weighted by Crippen LogP contribution is -2.47. The summed E-state index contributed by atoms with van der Waals surface area (Å²) in [5.74, 6) is 1.39. The summed E-state index contributed by atoms with van der Waals surface area (Å²) in [4.78, 5) is 9.59. The molecule has 22 heavy (non-hydrogen) atoms. The Morgan fingerprint density at radius 1 is 1.09 bits per heavy atom. The van der Waals surface area contributed by atoms with Gasteiger partial charge in [-0.1, -0.05) is 44.2 Å². The topological polar surface area (TPSA) is 32.3 Å². The van der Waals surface area contributed by atoms with Gasteiger partial charge < -0.3 is 4.90 Å². The first kappa shape index (κ1) is 15.4. The van der Waals surface area contributed by atoms with E-state index in [-0.39, 0.29) is 0 Å². The molecule has 0 radical (unpaired) electrons. The monoisotopic (exact) mass is 316 g/mol. The predicted octanol–water partition coefficient (Wildman–Crippen LogP) is 3.03. The van der Waals surface area contributed by atoms with Gasteiger partial charge in [0.25, 0.3) is 0 Å². The Balaban J connectivity index is 1.47. The standard InChI is InChI=1S/C17H24N4S/c1-14(2)16-18-17(22-19-16)21-12-10-20(11-13-21)9-8-15-6-4-3-5-7-15/h3-7,14H,8-13H2,1-2H3. The van der Waals surface area contributed by atoms with Crippen molar-refractivity contribution in [1.29, 1.82) is 0 Å². The van der Waals surface area contributed by atoms with Crippen LogP contribution in [0.5, 0.6) is 0 Å². The van der Waals surface area contributed by atoms with E-state index in [9.17, 15) is 0 Å². The van der Waals surface area contributed by atoms with E-state index >= 15 is 0 Å². The van der Waals surface area contributed by atoms with Crippen molar-refractivity contribution in [1.82, 2.24) is 14.3 Å². The van der Waals surface area contributed by atoms with Crippen molar-refractivity contribution in [2.75, 3.05) is 37.6 Å². The minimum absolute atomic E-state index is 0.414. The van der Waals surface area contributed by atoms with Crippen LogP contribution in [0.15, 0.2) is 30.3 Å². The summed E-state index contributed by atoms with van der Waals surface area (Å²) in [6.07, 6.45) is 1.14. The molecule has 0 bridgehead atoms. The minimum atomic E-state index is 0.414. The molecule has 1 aliphatic heterocycles. The van der Waals surface area contributed by atoms with Gasteiger partial charge in [0.05, 0.1) is 0 Å². The lowest BCUT2D eigenvalue weighted by Gasteiger charge is -2.34. The molecule has 0 atom stereocenters. The van der Waals surface area contributed by atoms with E-state index in [0.717, 1.165) is 50.1 Å². The molecule has 1 aliphatic rings. The zero-order valence-corrected chi connectivity index (χ0v) is 14.2. The smallest absolute Gasteiger partial charge is 0.205 e. The van der Waals surface area contributed by atoms with Crippen LogP contribution in [0.2, 0.25) is 0 Å². The van der Waals surface area contributed by atoms with Gasteiger partial charge in [-0.25, -0.2) is 4.98 Å². The minimum Gasteiger partial charge on any atom is -0.344 e. The fourth-order valence-electron chi connectivity index (χ4n) is 2.68. The third-order valence-electron chi connectivity index (χ3n) is 4.15. The molecule has 3 rings (SSSR count). The summed E-state index contributed by atoms with van der Waals surface area (Å²) in [5, 5.41) is 1.09. The van der Waals surface area contributed by atoms with Gasteiger partial charge in [0, 0.05) is 50.2 Å². The molecule has 4 nitrogen and oxygen atoms in total. The van der Waals surface area contributed by atoms with E-state index in [1.807, 2.05) is 0 Å². The second-order valence-electron chi connectivity index (χ2n) is 6.15. The van der Waals surface area contributed by atoms with Crippen molar-refractivity contribution in [3.63, 3.8) is 0 Å². The molecule has 2 aromatic rings. The zero-order valence-electron chi connectivity index (χ0n) is 13.4. The van der Waals surface area contributed by atoms with Crippen molar-refractivity contribution < 1.29 is 0 Å². The maximum Gasteiger partial charge on any atom is 0.205 e.